The summed E-state index contributed by atoms with van der Waals surface area (Å²) in [6.45, 7) is 12.0. The predicted octanol–water partition coefficient (Wildman–Crippen LogP) is 4.95. The van der Waals surface area contributed by atoms with Crippen molar-refractivity contribution in [2.24, 2.45) is 44.3 Å². The number of esters is 1. The Morgan fingerprint density at radius 2 is 1.66 bits per heavy atom. The smallest absolute Gasteiger partial charge is 0.317 e. The molecule has 1 N–H and O–H groups in total. The van der Waals surface area contributed by atoms with Gasteiger partial charge in [-0.15, -0.1) is 0 Å². The minimum absolute atomic E-state index is 0.0142. The maximum atomic E-state index is 14.5. The molecule has 0 aromatic rings. The van der Waals surface area contributed by atoms with Gasteiger partial charge in [0.25, 0.3) is 0 Å². The number of allylic oxidation sites excluding steroid dienone is 3. The molecular weight excluding hydrogens is 482 g/mol. The van der Waals surface area contributed by atoms with Crippen LogP contribution in [0.15, 0.2) is 23.3 Å². The number of ketones is 2. The van der Waals surface area contributed by atoms with E-state index in [0.717, 1.165) is 24.8 Å². The van der Waals surface area contributed by atoms with E-state index in [9.17, 15) is 29.5 Å². The van der Waals surface area contributed by atoms with Crippen molar-refractivity contribution >= 4 is 23.5 Å². The highest BCUT2D eigenvalue weighted by molar-refractivity contribution is 6.15. The van der Waals surface area contributed by atoms with Gasteiger partial charge in [-0.3, -0.25) is 19.2 Å². The van der Waals surface area contributed by atoms with Crippen LogP contribution < -0.4 is 0 Å². The molecule has 8 atom stereocenters. The van der Waals surface area contributed by atoms with Gasteiger partial charge in [0.15, 0.2) is 17.2 Å². The fourth-order valence-corrected chi connectivity index (χ4v) is 10.4. The van der Waals surface area contributed by atoms with Crippen LogP contribution in [0.1, 0.15) is 86.5 Å². The summed E-state index contributed by atoms with van der Waals surface area (Å²) < 4.78 is 6.40. The van der Waals surface area contributed by atoms with Crippen LogP contribution in [-0.2, 0) is 23.9 Å². The van der Waals surface area contributed by atoms with Crippen LogP contribution in [0.5, 0.6) is 0 Å². The lowest BCUT2D eigenvalue weighted by atomic mass is 9.33. The van der Waals surface area contributed by atoms with Gasteiger partial charge in [0, 0.05) is 16.7 Å². The lowest BCUT2D eigenvalue weighted by Gasteiger charge is -2.68. The molecule has 4 fully saturated rings. The van der Waals surface area contributed by atoms with E-state index < -0.39 is 50.3 Å². The highest BCUT2D eigenvalue weighted by Crippen LogP contribution is 2.78. The lowest BCUT2D eigenvalue weighted by molar-refractivity contribution is -0.207. The van der Waals surface area contributed by atoms with Crippen LogP contribution in [0.3, 0.4) is 0 Å². The molecule has 0 unspecified atom stereocenters. The third-order valence-electron chi connectivity index (χ3n) is 12.8. The number of carboxylic acids is 1. The monoisotopic (exact) mass is 519 g/mol. The van der Waals surface area contributed by atoms with E-state index in [1.165, 1.54) is 6.92 Å². The molecule has 1 saturated heterocycles. The first-order valence-electron chi connectivity index (χ1n) is 13.9. The number of nitrogens with zero attached hydrogens (tertiary/aromatic N) is 1. The largest absolute Gasteiger partial charge is 0.480 e. The van der Waals surface area contributed by atoms with Gasteiger partial charge in [0.2, 0.25) is 0 Å². The van der Waals surface area contributed by atoms with E-state index in [1.807, 2.05) is 13.0 Å². The first-order chi connectivity index (χ1) is 17.5. The number of hydrogen-bond donors (Lipinski definition) is 1. The number of aliphatic carboxylic acids is 1. The van der Waals surface area contributed by atoms with E-state index in [4.69, 9.17) is 4.74 Å². The van der Waals surface area contributed by atoms with Crippen LogP contribution in [0.2, 0.25) is 0 Å². The van der Waals surface area contributed by atoms with Gasteiger partial charge in [0.1, 0.15) is 11.5 Å². The number of carboxylic acid groups (broad SMARTS) is 1. The fourth-order valence-electron chi connectivity index (χ4n) is 10.4. The molecule has 2 bridgehead atoms. The SMILES string of the molecule is CC1(C)CC[C@@]23CC[C@@]4(C)[C@]5(C)CC[C@H]6[C@](C)(C(=O)O)C(=O)C(C#N)=C[C@]6(C)C5=CC(=O)[C@]4(OC2=O)[C@@H]3C1. The molecule has 7 heteroatoms. The molecule has 0 amide bonds. The molecular formula is C31H37NO6. The van der Waals surface area contributed by atoms with Crippen LogP contribution in [0.25, 0.3) is 0 Å². The summed E-state index contributed by atoms with van der Waals surface area (Å²) in [7, 11) is 0. The number of hydrogen-bond acceptors (Lipinski definition) is 6. The first kappa shape index (κ1) is 25.5. The molecule has 1 aliphatic heterocycles. The summed E-state index contributed by atoms with van der Waals surface area (Å²) in [5, 5.41) is 20.1. The molecule has 6 rings (SSSR count). The van der Waals surface area contributed by atoms with Crippen molar-refractivity contribution in [3.05, 3.63) is 23.3 Å². The number of carbonyl (C=O) groups is 4. The second kappa shape index (κ2) is 6.87. The second-order valence-electron chi connectivity index (χ2n) is 14.7. The number of ether oxygens (including phenoxy) is 1. The molecule has 1 heterocycles. The highest BCUT2D eigenvalue weighted by Gasteiger charge is 2.82. The van der Waals surface area contributed by atoms with Crippen molar-refractivity contribution in [1.29, 1.82) is 5.26 Å². The van der Waals surface area contributed by atoms with Crippen LogP contribution in [-0.4, -0.2) is 34.2 Å². The zero-order valence-electron chi connectivity index (χ0n) is 23.2. The molecule has 5 aliphatic carbocycles. The van der Waals surface area contributed by atoms with E-state index in [1.54, 1.807) is 12.2 Å². The van der Waals surface area contributed by atoms with Crippen molar-refractivity contribution in [2.45, 2.75) is 92.1 Å². The third-order valence-corrected chi connectivity index (χ3v) is 12.8. The average molecular weight is 520 g/mol. The Bertz CT molecular complexity index is 1350. The summed E-state index contributed by atoms with van der Waals surface area (Å²) in [5.41, 5.74) is -5.35. The first-order valence-corrected chi connectivity index (χ1v) is 13.9. The molecule has 202 valence electrons. The van der Waals surface area contributed by atoms with Crippen LogP contribution in [0.4, 0.5) is 0 Å². The number of fused-ring (bicyclic) bond motifs is 4. The Kier molecular flexibility index (Phi) is 4.61. The van der Waals surface area contributed by atoms with E-state index in [0.29, 0.717) is 25.7 Å². The molecule has 6 aliphatic rings. The zero-order valence-corrected chi connectivity index (χ0v) is 23.2. The minimum atomic E-state index is -1.77. The van der Waals surface area contributed by atoms with E-state index >= 15 is 0 Å². The van der Waals surface area contributed by atoms with Gasteiger partial charge in [-0.05, 0) is 80.3 Å². The molecule has 1 spiro atoms. The Hall–Kier alpha value is -2.75. The van der Waals surface area contributed by atoms with Crippen LogP contribution in [0, 0.1) is 55.7 Å². The standard InChI is InChI=1S/C31H37NO6/c1-25(2)9-11-30-12-10-28(5)27(4)8-7-18-26(3,14-17(16-32)22(34)29(18,6)23(35)36)19(27)13-21(33)31(28,20(30)15-25)38-24(30)37/h13-14,18,20H,7-12,15H2,1-6H3,(H,35,36)/t18-,20-,26+,27-,28+,29+,30+,31-/m1/s1. The summed E-state index contributed by atoms with van der Waals surface area (Å²) in [4.78, 5) is 54.0. The number of carbonyl (C=O) groups excluding carboxylic acids is 3. The average Bonchev–Trinajstić information content (AvgIpc) is 3.03. The minimum Gasteiger partial charge on any atom is -0.480 e. The van der Waals surface area contributed by atoms with Crippen LogP contribution >= 0.6 is 0 Å². The number of nitriles is 1. The van der Waals surface area contributed by atoms with Crippen molar-refractivity contribution in [3.63, 3.8) is 0 Å². The third kappa shape index (κ3) is 2.39. The Morgan fingerprint density at radius 1 is 1.00 bits per heavy atom. The van der Waals surface area contributed by atoms with Gasteiger partial charge in [0.05, 0.1) is 11.0 Å². The predicted molar refractivity (Wildman–Crippen MR) is 136 cm³/mol. The number of rotatable bonds is 1. The van der Waals surface area contributed by atoms with Gasteiger partial charge in [-0.2, -0.15) is 5.26 Å². The second-order valence-corrected chi connectivity index (χ2v) is 14.7. The van der Waals surface area contributed by atoms with E-state index in [2.05, 4.69) is 27.7 Å². The molecule has 3 saturated carbocycles. The summed E-state index contributed by atoms with van der Waals surface area (Å²) >= 11 is 0. The van der Waals surface area contributed by atoms with Gasteiger partial charge in [-0.25, -0.2) is 0 Å². The molecule has 7 nitrogen and oxygen atoms in total. The van der Waals surface area contributed by atoms with Gasteiger partial charge < -0.3 is 9.84 Å². The van der Waals surface area contributed by atoms with Crippen molar-refractivity contribution in [3.8, 4) is 6.07 Å². The maximum absolute atomic E-state index is 14.5. The Morgan fingerprint density at radius 3 is 2.29 bits per heavy atom. The lowest BCUT2D eigenvalue weighted by Crippen LogP contribution is -2.71. The highest BCUT2D eigenvalue weighted by atomic mass is 16.6. The van der Waals surface area contributed by atoms with Gasteiger partial charge in [-0.1, -0.05) is 40.7 Å². The summed E-state index contributed by atoms with van der Waals surface area (Å²) in [5.74, 6) is -3.17. The number of Topliss-reactive ketones (excluding diaryl/α,β-unsaturated/α-hetero) is 1. The van der Waals surface area contributed by atoms with E-state index in [-0.39, 0.29) is 28.7 Å². The topological polar surface area (TPSA) is 122 Å². The molecule has 0 aromatic carbocycles. The fraction of sp³-hybridized carbons (Fsp3) is 0.710. The van der Waals surface area contributed by atoms with Crippen molar-refractivity contribution in [1.82, 2.24) is 0 Å². The summed E-state index contributed by atoms with van der Waals surface area (Å²) in [6, 6.07) is 1.95. The van der Waals surface area contributed by atoms with Gasteiger partial charge >= 0.3 is 11.9 Å². The Labute approximate surface area is 223 Å². The normalized spacial score (nSPS) is 50.3. The van der Waals surface area contributed by atoms with Crippen molar-refractivity contribution < 1.29 is 29.0 Å². The molecule has 0 aromatic heterocycles. The summed E-state index contributed by atoms with van der Waals surface area (Å²) in [6.07, 6.45) is 7.99. The van der Waals surface area contributed by atoms with Crippen molar-refractivity contribution in [2.75, 3.05) is 0 Å². The maximum Gasteiger partial charge on any atom is 0.317 e. The molecule has 38 heavy (non-hydrogen) atoms. The zero-order chi connectivity index (χ0) is 27.9. The molecule has 0 radical (unpaired) electrons. The Balaban J connectivity index is 1.60. The quantitative estimate of drug-likeness (QED) is 0.384.